The number of hydrogen-bond acceptors (Lipinski definition) is 5. The van der Waals surface area contributed by atoms with E-state index in [4.69, 9.17) is 51.1 Å². The number of carbonyl (C=O) groups excluding carboxylic acids is 4. The van der Waals surface area contributed by atoms with Crippen LogP contribution in [0.1, 0.15) is 6.42 Å². The quantitative estimate of drug-likeness (QED) is 0.386. The number of nitrogens with zero attached hydrogens (tertiary/aromatic N) is 1. The Balaban J connectivity index is 1.31. The van der Waals surface area contributed by atoms with E-state index >= 15 is 0 Å². The van der Waals surface area contributed by atoms with Crippen LogP contribution in [-0.2, 0) is 23.9 Å². The van der Waals surface area contributed by atoms with Crippen molar-refractivity contribution in [2.75, 3.05) is 18.5 Å². The largest absolute Gasteiger partial charge is 0.454 e. The predicted molar refractivity (Wildman–Crippen MR) is 111 cm³/mol. The molecule has 3 amide bonds. The SMILES string of the molecule is O=C(COC(=O)CN1C(=O)[C@@H]2[C@H]3C[C@@H]([C@@H](Cl)[C@H]3Cl)[C@H]2C1=O)Nc1ccc(Cl)c(Cl)c1. The molecule has 6 atom stereocenters. The third kappa shape index (κ3) is 3.66. The van der Waals surface area contributed by atoms with Crippen LogP contribution in [0.4, 0.5) is 5.69 Å². The molecule has 0 spiro atoms. The molecular weight excluding hydrogens is 478 g/mol. The Labute approximate surface area is 191 Å². The number of esters is 1. The molecule has 0 radical (unpaired) electrons. The number of carbonyl (C=O) groups is 4. The molecule has 3 fully saturated rings. The van der Waals surface area contributed by atoms with Crippen molar-refractivity contribution in [3.05, 3.63) is 28.2 Å². The molecule has 1 aromatic carbocycles. The first-order chi connectivity index (χ1) is 14.2. The summed E-state index contributed by atoms with van der Waals surface area (Å²) in [5.41, 5.74) is 0.380. The summed E-state index contributed by atoms with van der Waals surface area (Å²) in [7, 11) is 0. The van der Waals surface area contributed by atoms with Crippen LogP contribution in [0.2, 0.25) is 10.0 Å². The molecule has 2 aliphatic carbocycles. The second-order valence-electron chi connectivity index (χ2n) is 7.60. The van der Waals surface area contributed by atoms with E-state index in [-0.39, 0.29) is 27.6 Å². The molecule has 2 bridgehead atoms. The lowest BCUT2D eigenvalue weighted by molar-refractivity contribution is -0.154. The molecule has 30 heavy (non-hydrogen) atoms. The third-order valence-electron chi connectivity index (χ3n) is 5.93. The Bertz CT molecular complexity index is 909. The normalized spacial score (nSPS) is 31.8. The van der Waals surface area contributed by atoms with Gasteiger partial charge >= 0.3 is 5.97 Å². The van der Waals surface area contributed by atoms with Gasteiger partial charge in [-0.1, -0.05) is 23.2 Å². The van der Waals surface area contributed by atoms with Crippen molar-refractivity contribution in [3.63, 3.8) is 0 Å². The maximum atomic E-state index is 12.7. The first kappa shape index (κ1) is 21.7. The van der Waals surface area contributed by atoms with Crippen LogP contribution in [-0.4, -0.2) is 52.5 Å². The van der Waals surface area contributed by atoms with Crippen molar-refractivity contribution in [1.29, 1.82) is 0 Å². The van der Waals surface area contributed by atoms with E-state index in [1.54, 1.807) is 0 Å². The van der Waals surface area contributed by atoms with E-state index in [2.05, 4.69) is 5.32 Å². The zero-order chi connectivity index (χ0) is 21.7. The van der Waals surface area contributed by atoms with Gasteiger partial charge in [-0.25, -0.2) is 0 Å². The monoisotopic (exact) mass is 492 g/mol. The molecule has 0 unspecified atom stereocenters. The van der Waals surface area contributed by atoms with E-state index in [0.717, 1.165) is 4.90 Å². The molecule has 4 rings (SSSR count). The zero-order valence-corrected chi connectivity index (χ0v) is 18.3. The molecule has 2 saturated carbocycles. The van der Waals surface area contributed by atoms with Gasteiger partial charge in [0.2, 0.25) is 11.8 Å². The summed E-state index contributed by atoms with van der Waals surface area (Å²) >= 11 is 24.3. The number of rotatable bonds is 5. The first-order valence-electron chi connectivity index (χ1n) is 9.23. The van der Waals surface area contributed by atoms with Crippen LogP contribution in [0.5, 0.6) is 0 Å². The highest BCUT2D eigenvalue weighted by atomic mass is 35.5. The number of fused-ring (bicyclic) bond motifs is 5. The van der Waals surface area contributed by atoms with Crippen molar-refractivity contribution in [3.8, 4) is 0 Å². The van der Waals surface area contributed by atoms with Crippen LogP contribution in [0.3, 0.4) is 0 Å². The second kappa shape index (κ2) is 8.19. The van der Waals surface area contributed by atoms with Crippen LogP contribution in [0.25, 0.3) is 0 Å². The van der Waals surface area contributed by atoms with Gasteiger partial charge in [0.05, 0.1) is 32.6 Å². The summed E-state index contributed by atoms with van der Waals surface area (Å²) < 4.78 is 4.91. The molecule has 160 valence electrons. The fourth-order valence-corrected chi connectivity index (χ4v) is 5.85. The average Bonchev–Trinajstić information content (AvgIpc) is 3.30. The molecule has 3 aliphatic rings. The van der Waals surface area contributed by atoms with Crippen molar-refractivity contribution in [2.45, 2.75) is 17.2 Å². The molecule has 1 saturated heterocycles. The van der Waals surface area contributed by atoms with Gasteiger partial charge in [-0.05, 0) is 36.5 Å². The Hall–Kier alpha value is -1.54. The van der Waals surface area contributed by atoms with E-state index in [1.165, 1.54) is 18.2 Å². The smallest absolute Gasteiger partial charge is 0.326 e. The topological polar surface area (TPSA) is 92.8 Å². The Morgan fingerprint density at radius 1 is 1.03 bits per heavy atom. The number of hydrogen-bond donors (Lipinski definition) is 1. The van der Waals surface area contributed by atoms with Crippen molar-refractivity contribution in [1.82, 2.24) is 4.90 Å². The van der Waals surface area contributed by atoms with E-state index in [9.17, 15) is 19.2 Å². The van der Waals surface area contributed by atoms with Crippen LogP contribution in [0, 0.1) is 23.7 Å². The Kier molecular flexibility index (Phi) is 5.92. The number of imide groups is 1. The summed E-state index contributed by atoms with van der Waals surface area (Å²) in [6, 6.07) is 4.50. The van der Waals surface area contributed by atoms with Gasteiger partial charge in [-0.2, -0.15) is 0 Å². The molecular formula is C19H16Cl4N2O5. The summed E-state index contributed by atoms with van der Waals surface area (Å²) in [5, 5.41) is 2.36. The maximum absolute atomic E-state index is 12.7. The number of amides is 3. The molecule has 1 heterocycles. The second-order valence-corrected chi connectivity index (χ2v) is 9.43. The minimum absolute atomic E-state index is 0.168. The lowest BCUT2D eigenvalue weighted by Gasteiger charge is -2.28. The number of benzene rings is 1. The number of likely N-dealkylation sites (tertiary alicyclic amines) is 1. The summed E-state index contributed by atoms with van der Waals surface area (Å²) in [5.74, 6) is -3.73. The molecule has 0 aromatic heterocycles. The summed E-state index contributed by atoms with van der Waals surface area (Å²) in [6.07, 6.45) is 0.641. The lowest BCUT2D eigenvalue weighted by Crippen LogP contribution is -2.38. The zero-order valence-electron chi connectivity index (χ0n) is 15.3. The van der Waals surface area contributed by atoms with Gasteiger partial charge in [0.1, 0.15) is 6.54 Å². The van der Waals surface area contributed by atoms with E-state index in [1.807, 2.05) is 0 Å². The summed E-state index contributed by atoms with van der Waals surface area (Å²) in [4.78, 5) is 50.4. The third-order valence-corrected chi connectivity index (χ3v) is 7.99. The molecule has 7 nitrogen and oxygen atoms in total. The van der Waals surface area contributed by atoms with Crippen molar-refractivity contribution < 1.29 is 23.9 Å². The maximum Gasteiger partial charge on any atom is 0.326 e. The lowest BCUT2D eigenvalue weighted by atomic mass is 9.80. The molecule has 1 aliphatic heterocycles. The van der Waals surface area contributed by atoms with Crippen LogP contribution < -0.4 is 5.32 Å². The van der Waals surface area contributed by atoms with Crippen molar-refractivity contribution >= 4 is 75.8 Å². The molecule has 1 N–H and O–H groups in total. The first-order valence-corrected chi connectivity index (χ1v) is 10.9. The van der Waals surface area contributed by atoms with Gasteiger partial charge in [0.15, 0.2) is 6.61 Å². The van der Waals surface area contributed by atoms with Gasteiger partial charge < -0.3 is 10.1 Å². The number of ether oxygens (including phenoxy) is 1. The van der Waals surface area contributed by atoms with Gasteiger partial charge in [0, 0.05) is 5.69 Å². The van der Waals surface area contributed by atoms with Crippen LogP contribution in [0.15, 0.2) is 18.2 Å². The number of anilines is 1. The highest BCUT2D eigenvalue weighted by Gasteiger charge is 2.66. The van der Waals surface area contributed by atoms with Crippen molar-refractivity contribution in [2.24, 2.45) is 23.7 Å². The predicted octanol–water partition coefficient (Wildman–Crippen LogP) is 2.94. The van der Waals surface area contributed by atoms with Gasteiger partial charge in [0.25, 0.3) is 5.91 Å². The van der Waals surface area contributed by atoms with Crippen LogP contribution >= 0.6 is 46.4 Å². The highest BCUT2D eigenvalue weighted by molar-refractivity contribution is 6.42. The highest BCUT2D eigenvalue weighted by Crippen LogP contribution is 2.59. The molecule has 11 heteroatoms. The average molecular weight is 494 g/mol. The standard InChI is InChI=1S/C19H16Cl4N2O5/c20-10-2-1-7(3-11(10)21)24-12(26)6-30-13(27)5-25-18(28)14-8-4-9(15(14)19(25)29)17(23)16(8)22/h1-3,8-9,14-17H,4-6H2,(H,24,26)/t8-,9-,14-,15-,16-,17+/m1/s1. The molecule has 1 aromatic rings. The number of nitrogens with one attached hydrogen (secondary N) is 1. The fraction of sp³-hybridized carbons (Fsp3) is 0.474. The summed E-state index contributed by atoms with van der Waals surface area (Å²) in [6.45, 7) is -1.13. The number of alkyl halides is 2. The Morgan fingerprint density at radius 2 is 1.63 bits per heavy atom. The van der Waals surface area contributed by atoms with E-state index in [0.29, 0.717) is 17.1 Å². The fourth-order valence-electron chi connectivity index (χ4n) is 4.66. The van der Waals surface area contributed by atoms with E-state index < -0.39 is 48.7 Å². The minimum atomic E-state index is -0.863. The number of halogens is 4. The minimum Gasteiger partial charge on any atom is -0.454 e. The van der Waals surface area contributed by atoms with Gasteiger partial charge in [-0.3, -0.25) is 24.1 Å². The Morgan fingerprint density at radius 3 is 2.20 bits per heavy atom. The van der Waals surface area contributed by atoms with Gasteiger partial charge in [-0.15, -0.1) is 23.2 Å².